The average molecular weight is 365 g/mol. The molecule has 3 unspecified atom stereocenters. The second-order valence-corrected chi connectivity index (χ2v) is 5.92. The van der Waals surface area contributed by atoms with E-state index in [4.69, 9.17) is 9.84 Å². The predicted octanol–water partition coefficient (Wildman–Crippen LogP) is -0.646. The Hall–Kier alpha value is -0.436. The fourth-order valence-corrected chi connectivity index (χ4v) is 2.45. The molecule has 0 aliphatic carbocycles. The monoisotopic (exact) mass is 365 g/mol. The van der Waals surface area contributed by atoms with Gasteiger partial charge in [-0.25, -0.2) is 0 Å². The summed E-state index contributed by atoms with van der Waals surface area (Å²) in [6, 6.07) is 9.93. The number of rotatable bonds is 11. The number of quaternary nitrogens is 1. The van der Waals surface area contributed by atoms with E-state index >= 15 is 0 Å². The topological polar surface area (TPSA) is 90.2 Å². The summed E-state index contributed by atoms with van der Waals surface area (Å²) in [6.07, 6.45) is -1.62. The number of ether oxygens (including phenoxy) is 1. The molecule has 1 rings (SSSR count). The summed E-state index contributed by atoms with van der Waals surface area (Å²) >= 11 is 0. The van der Waals surface area contributed by atoms with Gasteiger partial charge in [-0.1, -0.05) is 30.3 Å². The minimum atomic E-state index is -0.921. The average Bonchev–Trinajstić information content (AvgIpc) is 2.47. The van der Waals surface area contributed by atoms with Gasteiger partial charge in [0.25, 0.3) is 0 Å². The summed E-state index contributed by atoms with van der Waals surface area (Å²) in [5.74, 6) is 0. The molecule has 6 nitrogen and oxygen atoms in total. The van der Waals surface area contributed by atoms with Crippen LogP contribution in [0.25, 0.3) is 0 Å². The van der Waals surface area contributed by atoms with Crippen molar-refractivity contribution in [3.05, 3.63) is 35.9 Å². The smallest absolute Gasteiger partial charge is 0.126 e. The second-order valence-electron chi connectivity index (χ2n) is 5.92. The van der Waals surface area contributed by atoms with Crippen LogP contribution in [0.4, 0.5) is 0 Å². The van der Waals surface area contributed by atoms with Crippen molar-refractivity contribution >= 4 is 0 Å². The fourth-order valence-electron chi connectivity index (χ4n) is 2.45. The van der Waals surface area contributed by atoms with Crippen LogP contribution in [0.1, 0.15) is 5.56 Å². The molecular formula is C16H28NO5V+. The minimum Gasteiger partial charge on any atom is -0.394 e. The normalized spacial score (nSPS) is 16.2. The third kappa shape index (κ3) is 9.44. The van der Waals surface area contributed by atoms with E-state index in [0.29, 0.717) is 24.1 Å². The number of benzene rings is 1. The van der Waals surface area contributed by atoms with E-state index < -0.39 is 12.2 Å². The molecule has 1 aromatic rings. The van der Waals surface area contributed by atoms with Crippen molar-refractivity contribution in [2.24, 2.45) is 0 Å². The van der Waals surface area contributed by atoms with E-state index in [2.05, 4.69) is 0 Å². The number of hydrogen-bond donors (Lipinski definition) is 4. The Kier molecular flexibility index (Phi) is 11.8. The first-order chi connectivity index (χ1) is 10.5. The van der Waals surface area contributed by atoms with Gasteiger partial charge in [-0.3, -0.25) is 0 Å². The standard InChI is InChI=1S/C16H28NO5.V/c1-17(7-8-18,9-14-5-3-2-4-6-14)10-15(20)12-22-13-16(21)11-19;/h2-6,15-16,18-21H,7-13H2,1H3;/q+1;. The first-order valence-corrected chi connectivity index (χ1v) is 7.52. The summed E-state index contributed by atoms with van der Waals surface area (Å²) in [5.41, 5.74) is 1.14. The second kappa shape index (κ2) is 12.0. The zero-order valence-electron chi connectivity index (χ0n) is 13.6. The Morgan fingerprint density at radius 3 is 2.22 bits per heavy atom. The summed E-state index contributed by atoms with van der Waals surface area (Å²) in [7, 11) is 1.98. The van der Waals surface area contributed by atoms with Gasteiger partial charge >= 0.3 is 0 Å². The Morgan fingerprint density at radius 1 is 1.04 bits per heavy atom. The van der Waals surface area contributed by atoms with Gasteiger partial charge in [0.1, 0.15) is 31.8 Å². The molecule has 0 fully saturated rings. The Balaban J connectivity index is 0.00000484. The molecule has 131 valence electrons. The molecule has 4 N–H and O–H groups in total. The van der Waals surface area contributed by atoms with E-state index in [1.165, 1.54) is 0 Å². The van der Waals surface area contributed by atoms with Gasteiger partial charge in [0.15, 0.2) is 0 Å². The summed E-state index contributed by atoms with van der Waals surface area (Å²) < 4.78 is 5.68. The first-order valence-electron chi connectivity index (χ1n) is 7.52. The van der Waals surface area contributed by atoms with Crippen molar-refractivity contribution in [1.29, 1.82) is 0 Å². The maximum Gasteiger partial charge on any atom is 0.126 e. The molecule has 0 aliphatic heterocycles. The third-order valence-electron chi connectivity index (χ3n) is 3.53. The first kappa shape index (κ1) is 22.6. The van der Waals surface area contributed by atoms with E-state index in [1.54, 1.807) is 0 Å². The molecule has 3 atom stereocenters. The predicted molar refractivity (Wildman–Crippen MR) is 83.1 cm³/mol. The van der Waals surface area contributed by atoms with E-state index in [1.807, 2.05) is 37.4 Å². The minimum absolute atomic E-state index is 0. The van der Waals surface area contributed by atoms with Crippen LogP contribution in [-0.2, 0) is 29.8 Å². The van der Waals surface area contributed by atoms with Gasteiger partial charge < -0.3 is 29.6 Å². The van der Waals surface area contributed by atoms with Crippen molar-refractivity contribution in [3.63, 3.8) is 0 Å². The van der Waals surface area contributed by atoms with Gasteiger partial charge in [-0.15, -0.1) is 0 Å². The maximum absolute atomic E-state index is 10.1. The number of aliphatic hydroxyl groups is 4. The van der Waals surface area contributed by atoms with Crippen LogP contribution in [-0.4, -0.2) is 83.7 Å². The zero-order chi connectivity index (χ0) is 16.4. The molecule has 0 saturated carbocycles. The summed E-state index contributed by atoms with van der Waals surface area (Å²) in [5, 5.41) is 37.3. The SMILES string of the molecule is C[N+](CCO)(Cc1ccccc1)CC(O)COCC(O)CO.[V]. The van der Waals surface area contributed by atoms with Crippen LogP contribution < -0.4 is 0 Å². The molecule has 1 aromatic carbocycles. The molecule has 23 heavy (non-hydrogen) atoms. The van der Waals surface area contributed by atoms with E-state index in [9.17, 15) is 15.3 Å². The van der Waals surface area contributed by atoms with Crippen LogP contribution in [0.3, 0.4) is 0 Å². The quantitative estimate of drug-likeness (QED) is 0.392. The largest absolute Gasteiger partial charge is 0.394 e. The molecule has 0 aromatic heterocycles. The van der Waals surface area contributed by atoms with E-state index in [0.717, 1.165) is 5.56 Å². The molecule has 0 amide bonds. The maximum atomic E-state index is 10.1. The van der Waals surface area contributed by atoms with Crippen LogP contribution in [0.5, 0.6) is 0 Å². The number of aliphatic hydroxyl groups excluding tert-OH is 4. The number of nitrogens with zero attached hydrogens (tertiary/aromatic N) is 1. The van der Waals surface area contributed by atoms with Gasteiger partial charge in [0.2, 0.25) is 0 Å². The van der Waals surface area contributed by atoms with Crippen LogP contribution >= 0.6 is 0 Å². The zero-order valence-corrected chi connectivity index (χ0v) is 15.0. The van der Waals surface area contributed by atoms with Crippen molar-refractivity contribution < 1.29 is 48.2 Å². The van der Waals surface area contributed by atoms with Crippen molar-refractivity contribution in [1.82, 2.24) is 0 Å². The van der Waals surface area contributed by atoms with E-state index in [-0.39, 0.29) is 45.0 Å². The molecule has 0 heterocycles. The summed E-state index contributed by atoms with van der Waals surface area (Å²) in [4.78, 5) is 0. The molecule has 1 radical (unpaired) electrons. The molecule has 0 bridgehead atoms. The van der Waals surface area contributed by atoms with Crippen molar-refractivity contribution in [2.45, 2.75) is 18.8 Å². The van der Waals surface area contributed by atoms with Gasteiger partial charge in [-0.05, 0) is 0 Å². The number of likely N-dealkylation sites (N-methyl/N-ethyl adjacent to an activating group) is 1. The Morgan fingerprint density at radius 2 is 1.65 bits per heavy atom. The number of hydrogen-bond acceptors (Lipinski definition) is 5. The van der Waals surface area contributed by atoms with Crippen molar-refractivity contribution in [3.8, 4) is 0 Å². The van der Waals surface area contributed by atoms with Gasteiger partial charge in [0, 0.05) is 24.1 Å². The molecule has 7 heteroatoms. The van der Waals surface area contributed by atoms with Crippen molar-refractivity contribution in [2.75, 3.05) is 46.6 Å². The van der Waals surface area contributed by atoms with Crippen LogP contribution in [0.2, 0.25) is 0 Å². The summed E-state index contributed by atoms with van der Waals surface area (Å²) in [6.45, 7) is 1.44. The van der Waals surface area contributed by atoms with Crippen LogP contribution in [0, 0.1) is 0 Å². The van der Waals surface area contributed by atoms with Gasteiger partial charge in [-0.2, -0.15) is 0 Å². The molecule has 0 aliphatic rings. The molecular weight excluding hydrogens is 337 g/mol. The fraction of sp³-hybridized carbons (Fsp3) is 0.625. The third-order valence-corrected chi connectivity index (χ3v) is 3.53. The Labute approximate surface area is 149 Å². The Bertz CT molecular complexity index is 409. The van der Waals surface area contributed by atoms with Gasteiger partial charge in [0.05, 0.1) is 33.5 Å². The van der Waals surface area contributed by atoms with Crippen LogP contribution in [0.15, 0.2) is 30.3 Å². The molecule has 0 spiro atoms. The molecule has 0 saturated heterocycles.